The Balaban J connectivity index is 1.29. The number of carbonyl (C=O) groups excluding carboxylic acids is 3. The quantitative estimate of drug-likeness (QED) is 0.128. The predicted molar refractivity (Wildman–Crippen MR) is 171 cm³/mol. The summed E-state index contributed by atoms with van der Waals surface area (Å²) < 4.78 is 0. The molecule has 7 heteroatoms. The fourth-order valence-corrected chi connectivity index (χ4v) is 5.05. The van der Waals surface area contributed by atoms with E-state index in [9.17, 15) is 14.4 Å². The van der Waals surface area contributed by atoms with Crippen LogP contribution in [0.15, 0.2) is 132 Å². The SMILES string of the molecule is Cc1ccccc1NC(=O)CSc1ccc(NC(=O)/C(=C/c2cccc3ccccc23)NC(=O)c2ccccc2)cc1. The van der Waals surface area contributed by atoms with Crippen LogP contribution < -0.4 is 16.0 Å². The maximum Gasteiger partial charge on any atom is 0.272 e. The molecule has 3 amide bonds. The highest BCUT2D eigenvalue weighted by Gasteiger charge is 2.16. The minimum absolute atomic E-state index is 0.0935. The largest absolute Gasteiger partial charge is 0.325 e. The zero-order chi connectivity index (χ0) is 29.3. The van der Waals surface area contributed by atoms with Crippen LogP contribution in [-0.4, -0.2) is 23.5 Å². The monoisotopic (exact) mass is 571 g/mol. The van der Waals surface area contributed by atoms with Crippen molar-refractivity contribution in [1.82, 2.24) is 5.32 Å². The van der Waals surface area contributed by atoms with Crippen molar-refractivity contribution in [3.63, 3.8) is 0 Å². The van der Waals surface area contributed by atoms with Crippen molar-refractivity contribution in [1.29, 1.82) is 0 Å². The van der Waals surface area contributed by atoms with E-state index in [0.717, 1.165) is 32.5 Å². The summed E-state index contributed by atoms with van der Waals surface area (Å²) in [4.78, 5) is 39.8. The van der Waals surface area contributed by atoms with Gasteiger partial charge in [0.15, 0.2) is 0 Å². The van der Waals surface area contributed by atoms with Crippen molar-refractivity contribution in [2.45, 2.75) is 11.8 Å². The number of rotatable bonds is 9. The molecule has 0 radical (unpaired) electrons. The Bertz CT molecular complexity index is 1760. The molecule has 208 valence electrons. The van der Waals surface area contributed by atoms with E-state index in [2.05, 4.69) is 16.0 Å². The minimum atomic E-state index is -0.453. The van der Waals surface area contributed by atoms with Gasteiger partial charge in [-0.25, -0.2) is 0 Å². The second-order valence-electron chi connectivity index (χ2n) is 9.58. The first kappa shape index (κ1) is 28.4. The third-order valence-corrected chi connectivity index (χ3v) is 7.57. The van der Waals surface area contributed by atoms with Crippen molar-refractivity contribution in [2.75, 3.05) is 16.4 Å². The van der Waals surface area contributed by atoms with Crippen LogP contribution in [0.4, 0.5) is 11.4 Å². The molecule has 0 heterocycles. The Hall–Kier alpha value is -5.14. The van der Waals surface area contributed by atoms with Crippen LogP contribution >= 0.6 is 11.8 Å². The van der Waals surface area contributed by atoms with Gasteiger partial charge < -0.3 is 16.0 Å². The van der Waals surface area contributed by atoms with Crippen molar-refractivity contribution in [3.8, 4) is 0 Å². The molecule has 6 nitrogen and oxygen atoms in total. The van der Waals surface area contributed by atoms with Gasteiger partial charge in [-0.05, 0) is 77.4 Å². The third-order valence-electron chi connectivity index (χ3n) is 6.55. The van der Waals surface area contributed by atoms with Gasteiger partial charge in [0.1, 0.15) is 5.70 Å². The summed E-state index contributed by atoms with van der Waals surface area (Å²) >= 11 is 1.40. The number of anilines is 2. The Morgan fingerprint density at radius 1 is 0.714 bits per heavy atom. The molecular formula is C35H29N3O3S. The number of para-hydroxylation sites is 1. The molecule has 0 aromatic heterocycles. The van der Waals surface area contributed by atoms with Crippen LogP contribution in [-0.2, 0) is 9.59 Å². The first-order valence-electron chi connectivity index (χ1n) is 13.4. The van der Waals surface area contributed by atoms with E-state index in [0.29, 0.717) is 11.3 Å². The smallest absolute Gasteiger partial charge is 0.272 e. The molecular weight excluding hydrogens is 542 g/mol. The highest BCUT2D eigenvalue weighted by Crippen LogP contribution is 2.23. The van der Waals surface area contributed by atoms with Gasteiger partial charge in [-0.2, -0.15) is 0 Å². The van der Waals surface area contributed by atoms with E-state index in [1.165, 1.54) is 11.8 Å². The molecule has 5 rings (SSSR count). The number of carbonyl (C=O) groups is 3. The predicted octanol–water partition coefficient (Wildman–Crippen LogP) is 7.29. The zero-order valence-corrected chi connectivity index (χ0v) is 23.8. The highest BCUT2D eigenvalue weighted by atomic mass is 32.2. The van der Waals surface area contributed by atoms with Gasteiger partial charge in [0, 0.05) is 21.8 Å². The van der Waals surface area contributed by atoms with Crippen molar-refractivity contribution in [2.24, 2.45) is 0 Å². The lowest BCUT2D eigenvalue weighted by Gasteiger charge is -2.13. The Morgan fingerprint density at radius 2 is 1.40 bits per heavy atom. The van der Waals surface area contributed by atoms with Crippen LogP contribution in [0.1, 0.15) is 21.5 Å². The molecule has 3 N–H and O–H groups in total. The van der Waals surface area contributed by atoms with Gasteiger partial charge in [0.05, 0.1) is 5.75 Å². The maximum absolute atomic E-state index is 13.5. The van der Waals surface area contributed by atoms with Crippen LogP contribution in [0.3, 0.4) is 0 Å². The topological polar surface area (TPSA) is 87.3 Å². The van der Waals surface area contributed by atoms with E-state index in [4.69, 9.17) is 0 Å². The number of nitrogens with one attached hydrogen (secondary N) is 3. The number of amides is 3. The number of hydrogen-bond donors (Lipinski definition) is 3. The Morgan fingerprint density at radius 3 is 2.19 bits per heavy atom. The highest BCUT2D eigenvalue weighted by molar-refractivity contribution is 8.00. The molecule has 0 bridgehead atoms. The van der Waals surface area contributed by atoms with Crippen LogP contribution in [0.2, 0.25) is 0 Å². The summed E-state index contributed by atoms with van der Waals surface area (Å²) in [6.07, 6.45) is 1.69. The summed E-state index contributed by atoms with van der Waals surface area (Å²) in [6.45, 7) is 1.95. The minimum Gasteiger partial charge on any atom is -0.325 e. The van der Waals surface area contributed by atoms with Gasteiger partial charge in [-0.15, -0.1) is 11.8 Å². The molecule has 0 atom stereocenters. The van der Waals surface area contributed by atoms with Gasteiger partial charge in [-0.3, -0.25) is 14.4 Å². The molecule has 0 saturated carbocycles. The van der Waals surface area contributed by atoms with Crippen molar-refractivity contribution < 1.29 is 14.4 Å². The molecule has 0 aliphatic rings. The molecule has 5 aromatic rings. The lowest BCUT2D eigenvalue weighted by atomic mass is 10.0. The molecule has 0 aliphatic heterocycles. The summed E-state index contributed by atoms with van der Waals surface area (Å²) in [5, 5.41) is 10.6. The molecule has 0 aliphatic carbocycles. The Labute approximate surface area is 248 Å². The van der Waals surface area contributed by atoms with Crippen LogP contribution in [0.25, 0.3) is 16.8 Å². The third kappa shape index (κ3) is 7.33. The van der Waals surface area contributed by atoms with Gasteiger partial charge in [0.25, 0.3) is 11.8 Å². The number of fused-ring (bicyclic) bond motifs is 1. The van der Waals surface area contributed by atoms with Gasteiger partial charge >= 0.3 is 0 Å². The number of thioether (sulfide) groups is 1. The maximum atomic E-state index is 13.5. The van der Waals surface area contributed by atoms with Gasteiger partial charge in [-0.1, -0.05) is 78.9 Å². The summed E-state index contributed by atoms with van der Waals surface area (Å²) in [6, 6.07) is 37.3. The fraction of sp³-hybridized carbons (Fsp3) is 0.0571. The second-order valence-corrected chi connectivity index (χ2v) is 10.6. The van der Waals surface area contributed by atoms with E-state index in [1.807, 2.05) is 91.9 Å². The summed E-state index contributed by atoms with van der Waals surface area (Å²) in [5.41, 5.74) is 3.74. The zero-order valence-electron chi connectivity index (χ0n) is 23.0. The fourth-order valence-electron chi connectivity index (χ4n) is 4.36. The average molecular weight is 572 g/mol. The first-order valence-corrected chi connectivity index (χ1v) is 14.4. The van der Waals surface area contributed by atoms with Crippen LogP contribution in [0.5, 0.6) is 0 Å². The van der Waals surface area contributed by atoms with E-state index in [1.54, 1.807) is 42.5 Å². The molecule has 42 heavy (non-hydrogen) atoms. The lowest BCUT2D eigenvalue weighted by Crippen LogP contribution is -2.30. The summed E-state index contributed by atoms with van der Waals surface area (Å²) in [7, 11) is 0. The normalized spacial score (nSPS) is 11.1. The van der Waals surface area contributed by atoms with Crippen molar-refractivity contribution in [3.05, 3.63) is 144 Å². The summed E-state index contributed by atoms with van der Waals surface area (Å²) in [5.74, 6) is -0.675. The van der Waals surface area contributed by atoms with E-state index >= 15 is 0 Å². The standard InChI is InChI=1S/C35H29N3O3S/c1-24-10-5-8-17-31(24)37-33(39)23-42-29-20-18-28(19-21-29)36-35(41)32(38-34(40)26-12-3-2-4-13-26)22-27-15-9-14-25-11-6-7-16-30(25)27/h2-22H,23H2,1H3,(H,36,41)(H,37,39)(H,38,40)/b32-22-. The van der Waals surface area contributed by atoms with E-state index < -0.39 is 5.91 Å². The number of aryl methyl sites for hydroxylation is 1. The lowest BCUT2D eigenvalue weighted by molar-refractivity contribution is -0.114. The number of hydrogen-bond acceptors (Lipinski definition) is 4. The molecule has 0 saturated heterocycles. The average Bonchev–Trinajstić information content (AvgIpc) is 3.02. The number of benzene rings is 5. The van der Waals surface area contributed by atoms with Crippen LogP contribution in [0, 0.1) is 6.92 Å². The molecule has 0 fully saturated rings. The first-order chi connectivity index (χ1) is 20.5. The van der Waals surface area contributed by atoms with E-state index in [-0.39, 0.29) is 23.3 Å². The molecule has 0 unspecified atom stereocenters. The Kier molecular flexibility index (Phi) is 9.11. The van der Waals surface area contributed by atoms with Crippen molar-refractivity contribution >= 4 is 57.7 Å². The van der Waals surface area contributed by atoms with Gasteiger partial charge in [0.2, 0.25) is 5.91 Å². The second kappa shape index (κ2) is 13.5. The molecule has 0 spiro atoms. The molecule has 5 aromatic carbocycles.